The van der Waals surface area contributed by atoms with Crippen LogP contribution in [0.4, 0.5) is 21.8 Å². The number of hydrogen-bond acceptors (Lipinski definition) is 7. The lowest BCUT2D eigenvalue weighted by Gasteiger charge is -2.34. The average molecular weight is 536 g/mol. The highest BCUT2D eigenvalue weighted by Gasteiger charge is 2.31. The number of hydrogen-bond donors (Lipinski definition) is 3. The van der Waals surface area contributed by atoms with Gasteiger partial charge < -0.3 is 25.8 Å². The Labute approximate surface area is 230 Å². The van der Waals surface area contributed by atoms with Crippen LogP contribution in [0.3, 0.4) is 0 Å². The van der Waals surface area contributed by atoms with Gasteiger partial charge in [-0.05, 0) is 58.5 Å². The number of likely N-dealkylation sites (N-methyl/N-ethyl adjacent to an activating group) is 2. The van der Waals surface area contributed by atoms with Crippen molar-refractivity contribution in [3.05, 3.63) is 54.0 Å². The van der Waals surface area contributed by atoms with E-state index < -0.39 is 6.04 Å². The molecule has 3 rings (SSSR count). The maximum Gasteiger partial charge on any atom is 0.246 e. The van der Waals surface area contributed by atoms with Crippen LogP contribution < -0.4 is 16.0 Å². The summed E-state index contributed by atoms with van der Waals surface area (Å²) in [5.74, 6) is 6.83. The van der Waals surface area contributed by atoms with Gasteiger partial charge in [-0.3, -0.25) is 9.59 Å². The number of aromatic nitrogens is 2. The van der Waals surface area contributed by atoms with Crippen LogP contribution in [0, 0.1) is 23.6 Å². The zero-order valence-corrected chi connectivity index (χ0v) is 23.3. The quantitative estimate of drug-likeness (QED) is 0.299. The van der Waals surface area contributed by atoms with E-state index in [-0.39, 0.29) is 29.6 Å². The molecule has 0 spiro atoms. The van der Waals surface area contributed by atoms with Gasteiger partial charge in [0.25, 0.3) is 0 Å². The summed E-state index contributed by atoms with van der Waals surface area (Å²) >= 11 is 0. The van der Waals surface area contributed by atoms with Crippen LogP contribution in [0.15, 0.2) is 42.6 Å². The minimum atomic E-state index is -0.574. The number of anilines is 3. The fraction of sp³-hybridized carbons (Fsp3) is 0.448. The third-order valence-corrected chi connectivity index (χ3v) is 6.35. The molecule has 1 aliphatic carbocycles. The van der Waals surface area contributed by atoms with Gasteiger partial charge in [0.1, 0.15) is 17.7 Å². The number of carbonyl (C=O) groups excluding carboxylic acids is 2. The van der Waals surface area contributed by atoms with E-state index in [9.17, 15) is 14.0 Å². The number of benzene rings is 1. The molecule has 0 radical (unpaired) electrons. The Morgan fingerprint density at radius 3 is 2.72 bits per heavy atom. The van der Waals surface area contributed by atoms with Gasteiger partial charge in [-0.1, -0.05) is 30.9 Å². The zero-order chi connectivity index (χ0) is 28.4. The van der Waals surface area contributed by atoms with Crippen molar-refractivity contribution in [2.24, 2.45) is 5.92 Å². The number of rotatable bonds is 11. The topological polar surface area (TPSA) is 102 Å². The van der Waals surface area contributed by atoms with Crippen molar-refractivity contribution in [3.63, 3.8) is 0 Å². The van der Waals surface area contributed by atoms with Gasteiger partial charge in [-0.25, -0.2) is 9.37 Å². The summed E-state index contributed by atoms with van der Waals surface area (Å²) in [5, 5.41) is 9.32. The summed E-state index contributed by atoms with van der Waals surface area (Å²) in [6.07, 6.45) is 7.32. The number of nitrogens with zero attached hydrogens (tertiary/aromatic N) is 4. The molecule has 1 aromatic carbocycles. The highest BCUT2D eigenvalue weighted by Crippen LogP contribution is 2.27. The molecule has 1 atom stereocenters. The highest BCUT2D eigenvalue weighted by atomic mass is 19.1. The molecule has 1 heterocycles. The predicted octanol–water partition coefficient (Wildman–Crippen LogP) is 3.39. The van der Waals surface area contributed by atoms with Crippen LogP contribution >= 0.6 is 0 Å². The molecule has 10 heteroatoms. The van der Waals surface area contributed by atoms with Gasteiger partial charge in [0, 0.05) is 43.9 Å². The Balaban J connectivity index is 1.54. The second-order valence-corrected chi connectivity index (χ2v) is 9.95. The van der Waals surface area contributed by atoms with E-state index in [4.69, 9.17) is 0 Å². The first kappa shape index (κ1) is 29.6. The standard InChI is InChI=1S/C29H38FN7O2/c1-6-14-31-27-22(19-32-29(35-27)34-24-10-7-9-23(30)18-24)13-12-21-16-25(17-21)33-28(39)20(2)37(5)26(38)11-8-15-36(3)4/h7-11,18-21,25H,6,14-17H2,1-5H3,(H,33,39)(H2,31,32,34,35)/b11-8+/t20-,21?,25?/m0/s1. The smallest absolute Gasteiger partial charge is 0.246 e. The van der Waals surface area contributed by atoms with Gasteiger partial charge in [0.2, 0.25) is 17.8 Å². The van der Waals surface area contributed by atoms with Crippen molar-refractivity contribution < 1.29 is 14.0 Å². The number of halogens is 1. The van der Waals surface area contributed by atoms with Crippen molar-refractivity contribution in [1.82, 2.24) is 25.1 Å². The van der Waals surface area contributed by atoms with E-state index in [1.807, 2.05) is 19.0 Å². The largest absolute Gasteiger partial charge is 0.369 e. The van der Waals surface area contributed by atoms with E-state index in [0.717, 1.165) is 25.8 Å². The molecule has 0 unspecified atom stereocenters. The summed E-state index contributed by atoms with van der Waals surface area (Å²) in [4.78, 5) is 37.2. The molecule has 0 aliphatic heterocycles. The molecule has 39 heavy (non-hydrogen) atoms. The van der Waals surface area contributed by atoms with Crippen LogP contribution in [0.1, 0.15) is 38.7 Å². The minimum absolute atomic E-state index is 0.0267. The maximum absolute atomic E-state index is 13.5. The Kier molecular flexibility index (Phi) is 10.8. The lowest BCUT2D eigenvalue weighted by Crippen LogP contribution is -2.51. The second kappa shape index (κ2) is 14.3. The van der Waals surface area contributed by atoms with Crippen LogP contribution in [0.5, 0.6) is 0 Å². The van der Waals surface area contributed by atoms with Gasteiger partial charge in [-0.2, -0.15) is 4.98 Å². The van der Waals surface area contributed by atoms with Crippen molar-refractivity contribution in [1.29, 1.82) is 0 Å². The summed E-state index contributed by atoms with van der Waals surface area (Å²) in [5.41, 5.74) is 1.24. The minimum Gasteiger partial charge on any atom is -0.369 e. The first-order valence-corrected chi connectivity index (χ1v) is 13.2. The molecule has 1 aromatic heterocycles. The molecular weight excluding hydrogens is 497 g/mol. The molecule has 3 N–H and O–H groups in total. The summed E-state index contributed by atoms with van der Waals surface area (Å²) in [6, 6.07) is 5.56. The molecule has 1 saturated carbocycles. The van der Waals surface area contributed by atoms with E-state index in [2.05, 4.69) is 44.7 Å². The molecule has 1 aliphatic rings. The Morgan fingerprint density at radius 2 is 2.03 bits per heavy atom. The third kappa shape index (κ3) is 9.07. The van der Waals surface area contributed by atoms with Crippen molar-refractivity contribution in [3.8, 4) is 11.8 Å². The van der Waals surface area contributed by atoms with Gasteiger partial charge in [-0.15, -0.1) is 0 Å². The van der Waals surface area contributed by atoms with E-state index in [1.165, 1.54) is 23.1 Å². The van der Waals surface area contributed by atoms with E-state index in [0.29, 0.717) is 29.6 Å². The lowest BCUT2D eigenvalue weighted by atomic mass is 9.80. The van der Waals surface area contributed by atoms with Crippen LogP contribution in [0.2, 0.25) is 0 Å². The first-order chi connectivity index (χ1) is 18.7. The SMILES string of the molecule is CCCNc1nc(Nc2cccc(F)c2)ncc1C#CC1CC(NC(=O)[C@H](C)N(C)C(=O)/C=C/CN(C)C)C1. The van der Waals surface area contributed by atoms with Gasteiger partial charge in [0.05, 0.1) is 11.8 Å². The monoisotopic (exact) mass is 535 g/mol. The van der Waals surface area contributed by atoms with Crippen LogP contribution in [-0.4, -0.2) is 77.9 Å². The third-order valence-electron chi connectivity index (χ3n) is 6.35. The van der Waals surface area contributed by atoms with Crippen LogP contribution in [-0.2, 0) is 9.59 Å². The molecule has 0 saturated heterocycles. The first-order valence-electron chi connectivity index (χ1n) is 13.2. The van der Waals surface area contributed by atoms with Crippen molar-refractivity contribution in [2.75, 3.05) is 44.9 Å². The molecule has 9 nitrogen and oxygen atoms in total. The van der Waals surface area contributed by atoms with Gasteiger partial charge >= 0.3 is 0 Å². The van der Waals surface area contributed by atoms with Gasteiger partial charge in [0.15, 0.2) is 0 Å². The molecule has 0 bridgehead atoms. The molecular formula is C29H38FN7O2. The molecule has 2 aromatic rings. The van der Waals surface area contributed by atoms with Crippen molar-refractivity contribution in [2.45, 2.75) is 45.2 Å². The maximum atomic E-state index is 13.5. The highest BCUT2D eigenvalue weighted by molar-refractivity contribution is 5.92. The van der Waals surface area contributed by atoms with Crippen LogP contribution in [0.25, 0.3) is 0 Å². The number of carbonyl (C=O) groups is 2. The van der Waals surface area contributed by atoms with Crippen molar-refractivity contribution >= 4 is 29.3 Å². The normalized spacial score (nSPS) is 17.1. The second-order valence-electron chi connectivity index (χ2n) is 9.95. The molecule has 2 amide bonds. The Morgan fingerprint density at radius 1 is 1.26 bits per heavy atom. The van der Waals surface area contributed by atoms with E-state index >= 15 is 0 Å². The zero-order valence-electron chi connectivity index (χ0n) is 23.3. The number of amides is 2. The summed E-state index contributed by atoms with van der Waals surface area (Å²) in [6.45, 7) is 5.16. The Hall–Kier alpha value is -3.97. The number of nitrogens with one attached hydrogen (secondary N) is 3. The Bertz CT molecular complexity index is 1230. The summed E-state index contributed by atoms with van der Waals surface area (Å²) < 4.78 is 13.5. The fourth-order valence-corrected chi connectivity index (χ4v) is 3.81. The lowest BCUT2D eigenvalue weighted by molar-refractivity contribution is -0.135. The summed E-state index contributed by atoms with van der Waals surface area (Å²) in [7, 11) is 5.48. The predicted molar refractivity (Wildman–Crippen MR) is 152 cm³/mol. The average Bonchev–Trinajstić information content (AvgIpc) is 2.88. The molecule has 1 fully saturated rings. The van der Waals surface area contributed by atoms with E-state index in [1.54, 1.807) is 38.4 Å². The fourth-order valence-electron chi connectivity index (χ4n) is 3.81. The molecule has 208 valence electrons.